The fourth-order valence-electron chi connectivity index (χ4n) is 2.88. The summed E-state index contributed by atoms with van der Waals surface area (Å²) in [6.07, 6.45) is 2.83. The third-order valence-corrected chi connectivity index (χ3v) is 4.10. The van der Waals surface area contributed by atoms with Crippen LogP contribution in [0.3, 0.4) is 0 Å². The van der Waals surface area contributed by atoms with Crippen LogP contribution in [0.1, 0.15) is 17.0 Å². The smallest absolute Gasteiger partial charge is 0.291 e. The summed E-state index contributed by atoms with van der Waals surface area (Å²) in [5, 5.41) is 0. The number of primary amides is 1. The van der Waals surface area contributed by atoms with Gasteiger partial charge in [0, 0.05) is 18.9 Å². The summed E-state index contributed by atoms with van der Waals surface area (Å²) >= 11 is 0. The summed E-state index contributed by atoms with van der Waals surface area (Å²) in [7, 11) is 0. The molecule has 1 aromatic heterocycles. The first kappa shape index (κ1) is 18.7. The van der Waals surface area contributed by atoms with Crippen molar-refractivity contribution in [2.24, 2.45) is 5.73 Å². The fraction of sp³-hybridized carbons (Fsp3) is 0.333. The van der Waals surface area contributed by atoms with Gasteiger partial charge in [-0.2, -0.15) is 0 Å². The lowest BCUT2D eigenvalue weighted by atomic mass is 9.97. The molecular weight excluding hydrogens is 355 g/mol. The first-order chi connectivity index (χ1) is 13.0. The highest BCUT2D eigenvalue weighted by molar-refractivity contribution is 5.90. The molecule has 3 rings (SSSR count). The number of morpholine rings is 1. The predicted molar refractivity (Wildman–Crippen MR) is 92.3 cm³/mol. The van der Waals surface area contributed by atoms with Crippen molar-refractivity contribution < 1.29 is 23.5 Å². The maximum Gasteiger partial charge on any atom is 0.291 e. The molecule has 1 aliphatic rings. The summed E-state index contributed by atoms with van der Waals surface area (Å²) in [6, 6.07) is 7.08. The largest absolute Gasteiger partial charge is 0.490 e. The van der Waals surface area contributed by atoms with Crippen LogP contribution in [-0.2, 0) is 9.53 Å². The van der Waals surface area contributed by atoms with E-state index in [1.165, 1.54) is 41.6 Å². The Balaban J connectivity index is 1.75. The molecule has 2 N–H and O–H groups in total. The van der Waals surface area contributed by atoms with Crippen LogP contribution in [0.2, 0.25) is 0 Å². The van der Waals surface area contributed by atoms with Crippen molar-refractivity contribution in [1.82, 2.24) is 14.9 Å². The molecule has 1 atom stereocenters. The van der Waals surface area contributed by atoms with E-state index in [2.05, 4.69) is 9.97 Å². The lowest BCUT2D eigenvalue weighted by molar-refractivity contribution is -0.142. The normalized spacial score (nSPS) is 19.5. The van der Waals surface area contributed by atoms with Crippen LogP contribution in [0.15, 0.2) is 42.7 Å². The van der Waals surface area contributed by atoms with E-state index in [1.807, 2.05) is 0 Å². The van der Waals surface area contributed by atoms with E-state index in [0.29, 0.717) is 12.3 Å². The molecule has 1 saturated heterocycles. The molecule has 142 valence electrons. The van der Waals surface area contributed by atoms with Crippen LogP contribution in [0, 0.1) is 5.82 Å². The second-order valence-corrected chi connectivity index (χ2v) is 6.22. The molecule has 0 aliphatic carbocycles. The molecular formula is C18H19FN4O4. The molecule has 0 bridgehead atoms. The zero-order chi connectivity index (χ0) is 19.3. The van der Waals surface area contributed by atoms with Crippen LogP contribution in [0.5, 0.6) is 5.75 Å². The van der Waals surface area contributed by atoms with Crippen molar-refractivity contribution in [2.45, 2.75) is 12.0 Å². The Hall–Kier alpha value is -3.07. The molecule has 1 fully saturated rings. The van der Waals surface area contributed by atoms with Gasteiger partial charge < -0.3 is 20.1 Å². The first-order valence-electron chi connectivity index (χ1n) is 8.34. The van der Waals surface area contributed by atoms with Crippen LogP contribution in [0.4, 0.5) is 4.39 Å². The maximum atomic E-state index is 13.0. The zero-order valence-corrected chi connectivity index (χ0v) is 14.5. The lowest BCUT2D eigenvalue weighted by Gasteiger charge is -2.41. The molecule has 8 nitrogen and oxygen atoms in total. The minimum absolute atomic E-state index is 0.0268. The number of carbonyl (C=O) groups excluding carboxylic acids is 2. The minimum Gasteiger partial charge on any atom is -0.490 e. The summed E-state index contributed by atoms with van der Waals surface area (Å²) in [5.41, 5.74) is 4.27. The Morgan fingerprint density at radius 3 is 2.63 bits per heavy atom. The number of hydrogen-bond donors (Lipinski definition) is 1. The van der Waals surface area contributed by atoms with Crippen molar-refractivity contribution in [3.05, 3.63) is 54.4 Å². The molecule has 0 spiro atoms. The average molecular weight is 374 g/mol. The van der Waals surface area contributed by atoms with Gasteiger partial charge in [-0.25, -0.2) is 14.4 Å². The number of benzene rings is 1. The van der Waals surface area contributed by atoms with E-state index in [9.17, 15) is 14.0 Å². The fourth-order valence-corrected chi connectivity index (χ4v) is 2.88. The zero-order valence-electron chi connectivity index (χ0n) is 14.5. The second kappa shape index (κ2) is 8.09. The Bertz CT molecular complexity index is 803. The third kappa shape index (κ3) is 4.76. The third-order valence-electron chi connectivity index (χ3n) is 4.10. The molecule has 9 heteroatoms. The Kier molecular flexibility index (Phi) is 5.60. The molecule has 0 saturated carbocycles. The van der Waals surface area contributed by atoms with Crippen molar-refractivity contribution in [1.29, 1.82) is 0 Å². The number of nitrogens with two attached hydrogens (primary N) is 1. The number of halogens is 1. The standard InChI is InChI=1S/C18H19FN4O4/c19-13-2-4-14(5-3-13)26-12-18(10-15(20)24)11-23(8-9-27-18)17(25)16-21-6-1-7-22-16/h1-7H,8-12H2,(H2,20,24)/t18-/m1/s1. The van der Waals surface area contributed by atoms with E-state index in [-0.39, 0.29) is 43.7 Å². The number of aromatic nitrogens is 2. The van der Waals surface area contributed by atoms with Crippen molar-refractivity contribution >= 4 is 11.8 Å². The van der Waals surface area contributed by atoms with Gasteiger partial charge in [-0.05, 0) is 30.3 Å². The second-order valence-electron chi connectivity index (χ2n) is 6.22. The number of hydrogen-bond acceptors (Lipinski definition) is 6. The van der Waals surface area contributed by atoms with Gasteiger partial charge in [0.05, 0.1) is 19.6 Å². The Labute approximate surface area is 155 Å². The molecule has 1 aliphatic heterocycles. The summed E-state index contributed by atoms with van der Waals surface area (Å²) in [6.45, 7) is 0.599. The van der Waals surface area contributed by atoms with E-state index in [1.54, 1.807) is 6.07 Å². The van der Waals surface area contributed by atoms with Crippen LogP contribution >= 0.6 is 0 Å². The van der Waals surface area contributed by atoms with Crippen molar-refractivity contribution in [2.75, 3.05) is 26.3 Å². The molecule has 2 aromatic rings. The van der Waals surface area contributed by atoms with Gasteiger partial charge >= 0.3 is 0 Å². The first-order valence-corrected chi connectivity index (χ1v) is 8.34. The van der Waals surface area contributed by atoms with E-state index in [0.717, 1.165) is 0 Å². The molecule has 1 aromatic carbocycles. The van der Waals surface area contributed by atoms with Gasteiger partial charge in [0.2, 0.25) is 11.7 Å². The SMILES string of the molecule is NC(=O)C[C@]1(COc2ccc(F)cc2)CN(C(=O)c2ncccn2)CCO1. The quantitative estimate of drug-likeness (QED) is 0.801. The summed E-state index contributed by atoms with van der Waals surface area (Å²) in [5.74, 6) is -0.856. The van der Waals surface area contributed by atoms with Crippen LogP contribution in [-0.4, -0.2) is 58.6 Å². The maximum absolute atomic E-state index is 13.0. The Morgan fingerprint density at radius 2 is 1.96 bits per heavy atom. The van der Waals surface area contributed by atoms with Gasteiger partial charge in [-0.15, -0.1) is 0 Å². The average Bonchev–Trinajstić information content (AvgIpc) is 2.67. The number of nitrogens with zero attached hydrogens (tertiary/aromatic N) is 3. The van der Waals surface area contributed by atoms with Gasteiger partial charge in [0.25, 0.3) is 5.91 Å². The summed E-state index contributed by atoms with van der Waals surface area (Å²) < 4.78 is 24.5. The highest BCUT2D eigenvalue weighted by atomic mass is 19.1. The number of ether oxygens (including phenoxy) is 2. The highest BCUT2D eigenvalue weighted by Crippen LogP contribution is 2.25. The van der Waals surface area contributed by atoms with Crippen LogP contribution < -0.4 is 10.5 Å². The molecule has 27 heavy (non-hydrogen) atoms. The molecule has 0 unspecified atom stereocenters. The summed E-state index contributed by atoms with van der Waals surface area (Å²) in [4.78, 5) is 33.7. The topological polar surface area (TPSA) is 108 Å². The molecule has 0 radical (unpaired) electrons. The number of amides is 2. The predicted octanol–water partition coefficient (Wildman–Crippen LogP) is 0.781. The van der Waals surface area contributed by atoms with Crippen LogP contribution in [0.25, 0.3) is 0 Å². The Morgan fingerprint density at radius 1 is 1.26 bits per heavy atom. The highest BCUT2D eigenvalue weighted by Gasteiger charge is 2.41. The van der Waals surface area contributed by atoms with Gasteiger partial charge in [-0.1, -0.05) is 0 Å². The molecule has 2 heterocycles. The van der Waals surface area contributed by atoms with Gasteiger partial charge in [-0.3, -0.25) is 9.59 Å². The minimum atomic E-state index is -1.11. The van der Waals surface area contributed by atoms with E-state index in [4.69, 9.17) is 15.2 Å². The van der Waals surface area contributed by atoms with Crippen molar-refractivity contribution in [3.8, 4) is 5.75 Å². The van der Waals surface area contributed by atoms with E-state index >= 15 is 0 Å². The lowest BCUT2D eigenvalue weighted by Crippen LogP contribution is -2.58. The number of rotatable bonds is 6. The molecule has 2 amide bonds. The van der Waals surface area contributed by atoms with Gasteiger partial charge in [0.1, 0.15) is 23.8 Å². The van der Waals surface area contributed by atoms with Gasteiger partial charge in [0.15, 0.2) is 0 Å². The number of carbonyl (C=O) groups is 2. The van der Waals surface area contributed by atoms with Crippen molar-refractivity contribution in [3.63, 3.8) is 0 Å². The van der Waals surface area contributed by atoms with E-state index < -0.39 is 11.5 Å². The monoisotopic (exact) mass is 374 g/mol.